The van der Waals surface area contributed by atoms with Gasteiger partial charge in [-0.05, 0) is 0 Å². The van der Waals surface area contributed by atoms with E-state index in [1.54, 1.807) is 0 Å². The summed E-state index contributed by atoms with van der Waals surface area (Å²) in [5.41, 5.74) is 0. The molecule has 48 valence electrons. The van der Waals surface area contributed by atoms with Crippen molar-refractivity contribution < 1.29 is 14.6 Å². The van der Waals surface area contributed by atoms with E-state index in [0.717, 1.165) is 0 Å². The smallest absolute Gasteiger partial charge is 0.309 e. The average molecular weight is 139 g/mol. The molecule has 0 heterocycles. The fourth-order valence-corrected chi connectivity index (χ4v) is 0.346. The molecule has 8 heavy (non-hydrogen) atoms. The zero-order chi connectivity index (χ0) is 6.41. The monoisotopic (exact) mass is 138 g/mol. The molecule has 0 aromatic rings. The molecule has 0 unspecified atom stereocenters. The number of rotatable bonds is 3. The van der Waals surface area contributed by atoms with Gasteiger partial charge < -0.3 is 9.84 Å². The van der Waals surface area contributed by atoms with E-state index in [2.05, 4.69) is 4.74 Å². The van der Waals surface area contributed by atoms with Crippen LogP contribution < -0.4 is 0 Å². The number of aliphatic hydroxyl groups is 1. The molecule has 1 N–H and O–H groups in total. The molecule has 0 amide bonds. The zero-order valence-electron chi connectivity index (χ0n) is 4.26. The summed E-state index contributed by atoms with van der Waals surface area (Å²) in [6.07, 6.45) is 0.0206. The molecule has 3 nitrogen and oxygen atoms in total. The van der Waals surface area contributed by atoms with E-state index in [4.69, 9.17) is 16.7 Å². The van der Waals surface area contributed by atoms with Crippen LogP contribution in [0.3, 0.4) is 0 Å². The first-order valence-corrected chi connectivity index (χ1v) is 2.67. The molecule has 0 aliphatic heterocycles. The van der Waals surface area contributed by atoms with E-state index in [0.29, 0.717) is 0 Å². The standard InChI is InChI=1S/C4H7ClO3/c5-3-8-4(7)1-2-6/h6H,1-3H2. The molecule has 4 heteroatoms. The Morgan fingerprint density at radius 3 is 2.75 bits per heavy atom. The molecule has 0 aromatic carbocycles. The van der Waals surface area contributed by atoms with Gasteiger partial charge in [-0.25, -0.2) is 0 Å². The van der Waals surface area contributed by atoms with Crippen molar-refractivity contribution in [3.05, 3.63) is 0 Å². The number of aliphatic hydroxyl groups excluding tert-OH is 1. The van der Waals surface area contributed by atoms with E-state index in [1.807, 2.05) is 0 Å². The van der Waals surface area contributed by atoms with Crippen molar-refractivity contribution in [3.8, 4) is 0 Å². The lowest BCUT2D eigenvalue weighted by molar-refractivity contribution is -0.142. The highest BCUT2D eigenvalue weighted by molar-refractivity contribution is 6.17. The topological polar surface area (TPSA) is 46.5 Å². The van der Waals surface area contributed by atoms with Gasteiger partial charge in [-0.3, -0.25) is 4.79 Å². The van der Waals surface area contributed by atoms with Crippen LogP contribution in [0.1, 0.15) is 6.42 Å². The molecule has 0 aliphatic rings. The predicted octanol–water partition coefficient (Wildman–Crippen LogP) is 0.108. The molecule has 0 radical (unpaired) electrons. The summed E-state index contributed by atoms with van der Waals surface area (Å²) in [7, 11) is 0. The average Bonchev–Trinajstić information content (AvgIpc) is 1.68. The van der Waals surface area contributed by atoms with Gasteiger partial charge in [0.05, 0.1) is 13.0 Å². The summed E-state index contributed by atoms with van der Waals surface area (Å²) in [6, 6.07) is -0.140. The first kappa shape index (κ1) is 7.72. The van der Waals surface area contributed by atoms with Gasteiger partial charge in [-0.1, -0.05) is 11.6 Å². The largest absolute Gasteiger partial charge is 0.449 e. The molecule has 0 rings (SSSR count). The van der Waals surface area contributed by atoms with Crippen molar-refractivity contribution >= 4 is 17.6 Å². The minimum Gasteiger partial charge on any atom is -0.449 e. The summed E-state index contributed by atoms with van der Waals surface area (Å²) in [6.45, 7) is -0.185. The Labute approximate surface area is 52.2 Å². The van der Waals surface area contributed by atoms with Crippen molar-refractivity contribution in [1.82, 2.24) is 0 Å². The second kappa shape index (κ2) is 4.87. The number of carbonyl (C=O) groups is 1. The van der Waals surface area contributed by atoms with Crippen LogP contribution in [-0.4, -0.2) is 23.7 Å². The second-order valence-electron chi connectivity index (χ2n) is 1.10. The third kappa shape index (κ3) is 3.89. The lowest BCUT2D eigenvalue weighted by atomic mass is 10.5. The minimum absolute atomic E-state index is 0.0206. The Kier molecular flexibility index (Phi) is 4.70. The van der Waals surface area contributed by atoms with Crippen LogP contribution in [0, 0.1) is 0 Å². The van der Waals surface area contributed by atoms with Crippen molar-refractivity contribution in [2.75, 3.05) is 12.7 Å². The maximum absolute atomic E-state index is 10.2. The third-order valence-electron chi connectivity index (χ3n) is 0.531. The van der Waals surface area contributed by atoms with Crippen LogP contribution in [0.15, 0.2) is 0 Å². The Morgan fingerprint density at radius 1 is 1.75 bits per heavy atom. The minimum atomic E-state index is -0.470. The van der Waals surface area contributed by atoms with Gasteiger partial charge in [0.15, 0.2) is 6.07 Å². The Morgan fingerprint density at radius 2 is 2.38 bits per heavy atom. The Bertz CT molecular complexity index is 65.7. The van der Waals surface area contributed by atoms with Gasteiger partial charge >= 0.3 is 5.97 Å². The molecular formula is C4H7ClO3. The van der Waals surface area contributed by atoms with Crippen molar-refractivity contribution in [1.29, 1.82) is 0 Å². The fourth-order valence-electron chi connectivity index (χ4n) is 0.224. The van der Waals surface area contributed by atoms with Crippen molar-refractivity contribution in [2.45, 2.75) is 6.42 Å². The van der Waals surface area contributed by atoms with Crippen LogP contribution in [-0.2, 0) is 9.53 Å². The molecular weight excluding hydrogens is 131 g/mol. The molecule has 0 atom stereocenters. The van der Waals surface area contributed by atoms with Gasteiger partial charge in [0, 0.05) is 0 Å². The molecule has 0 spiro atoms. The van der Waals surface area contributed by atoms with Gasteiger partial charge in [0.25, 0.3) is 0 Å². The summed E-state index contributed by atoms with van der Waals surface area (Å²) < 4.78 is 4.25. The molecule has 0 aromatic heterocycles. The van der Waals surface area contributed by atoms with Crippen molar-refractivity contribution in [3.63, 3.8) is 0 Å². The van der Waals surface area contributed by atoms with Gasteiger partial charge in [-0.2, -0.15) is 0 Å². The van der Waals surface area contributed by atoms with E-state index in [-0.39, 0.29) is 19.1 Å². The third-order valence-corrected chi connectivity index (χ3v) is 0.641. The summed E-state index contributed by atoms with van der Waals surface area (Å²) in [5, 5.41) is 8.12. The van der Waals surface area contributed by atoms with Crippen LogP contribution in [0.4, 0.5) is 0 Å². The highest BCUT2D eigenvalue weighted by Crippen LogP contribution is 1.85. The quantitative estimate of drug-likeness (QED) is 0.445. The summed E-state index contributed by atoms with van der Waals surface area (Å²) in [4.78, 5) is 10.2. The summed E-state index contributed by atoms with van der Waals surface area (Å²) >= 11 is 5.01. The van der Waals surface area contributed by atoms with Gasteiger partial charge in [0.2, 0.25) is 0 Å². The number of alkyl halides is 1. The van der Waals surface area contributed by atoms with E-state index in [1.165, 1.54) is 0 Å². The first-order chi connectivity index (χ1) is 3.81. The van der Waals surface area contributed by atoms with Gasteiger partial charge in [-0.15, -0.1) is 0 Å². The number of carbonyl (C=O) groups excluding carboxylic acids is 1. The van der Waals surface area contributed by atoms with Crippen LogP contribution in [0.5, 0.6) is 0 Å². The highest BCUT2D eigenvalue weighted by Gasteiger charge is 1.97. The van der Waals surface area contributed by atoms with E-state index in [9.17, 15) is 4.79 Å². The molecule has 0 aliphatic carbocycles. The molecule has 0 saturated carbocycles. The number of ether oxygens (including phenoxy) is 1. The number of hydrogen-bond donors (Lipinski definition) is 1. The second-order valence-corrected chi connectivity index (χ2v) is 1.32. The fraction of sp³-hybridized carbons (Fsp3) is 0.750. The van der Waals surface area contributed by atoms with E-state index < -0.39 is 5.97 Å². The number of halogens is 1. The van der Waals surface area contributed by atoms with Crippen LogP contribution >= 0.6 is 11.6 Å². The normalized spacial score (nSPS) is 8.75. The van der Waals surface area contributed by atoms with E-state index >= 15 is 0 Å². The lowest BCUT2D eigenvalue weighted by Crippen LogP contribution is -2.04. The maximum Gasteiger partial charge on any atom is 0.309 e. The molecule has 0 bridgehead atoms. The Balaban J connectivity index is 3.06. The highest BCUT2D eigenvalue weighted by atomic mass is 35.5. The molecule has 0 saturated heterocycles. The molecule has 0 fully saturated rings. The predicted molar refractivity (Wildman–Crippen MR) is 28.5 cm³/mol. The first-order valence-electron chi connectivity index (χ1n) is 2.13. The number of hydrogen-bond acceptors (Lipinski definition) is 3. The number of esters is 1. The maximum atomic E-state index is 10.2. The Hall–Kier alpha value is -0.280. The SMILES string of the molecule is O=C(CCO)OCCl. The lowest BCUT2D eigenvalue weighted by Gasteiger charge is -1.94. The van der Waals surface area contributed by atoms with Crippen LogP contribution in [0.25, 0.3) is 0 Å². The van der Waals surface area contributed by atoms with Gasteiger partial charge in [0.1, 0.15) is 0 Å². The van der Waals surface area contributed by atoms with Crippen molar-refractivity contribution in [2.24, 2.45) is 0 Å². The zero-order valence-corrected chi connectivity index (χ0v) is 5.02. The van der Waals surface area contributed by atoms with Crippen LogP contribution in [0.2, 0.25) is 0 Å². The summed E-state index contributed by atoms with van der Waals surface area (Å²) in [5.74, 6) is -0.470.